The highest BCUT2D eigenvalue weighted by Crippen LogP contribution is 2.19. The van der Waals surface area contributed by atoms with Gasteiger partial charge >= 0.3 is 5.63 Å². The SMILES string of the molecule is C/C=C(\C)C(O)C(C)/C=C/C(O)C(C)C(O)CC(O)Cc1cc(O)cc(=O)o1. The van der Waals surface area contributed by atoms with E-state index in [1.807, 2.05) is 26.8 Å². The molecule has 7 heteroatoms. The molecule has 0 fully saturated rings. The van der Waals surface area contributed by atoms with E-state index in [0.29, 0.717) is 0 Å². The number of rotatable bonds is 10. The van der Waals surface area contributed by atoms with E-state index in [1.54, 1.807) is 13.0 Å². The molecule has 0 radical (unpaired) electrons. The highest BCUT2D eigenvalue weighted by atomic mass is 16.4. The van der Waals surface area contributed by atoms with Gasteiger partial charge in [-0.15, -0.1) is 0 Å². The summed E-state index contributed by atoms with van der Waals surface area (Å²) in [6.07, 6.45) is 1.34. The molecule has 6 unspecified atom stereocenters. The smallest absolute Gasteiger partial charge is 0.339 e. The number of aromatic hydroxyl groups is 1. The molecule has 0 spiro atoms. The van der Waals surface area contributed by atoms with Gasteiger partial charge in [-0.05, 0) is 19.4 Å². The van der Waals surface area contributed by atoms with Crippen LogP contribution in [-0.4, -0.2) is 49.9 Å². The van der Waals surface area contributed by atoms with Gasteiger partial charge in [0.05, 0.1) is 30.5 Å². The van der Waals surface area contributed by atoms with Crippen molar-refractivity contribution in [3.05, 3.63) is 52.1 Å². The predicted molar refractivity (Wildman–Crippen MR) is 106 cm³/mol. The Bertz CT molecular complexity index is 722. The Balaban J connectivity index is 2.61. The molecule has 0 aromatic carbocycles. The molecule has 0 saturated heterocycles. The molecular weight excluding hydrogens is 364 g/mol. The van der Waals surface area contributed by atoms with Gasteiger partial charge in [0.1, 0.15) is 11.5 Å². The largest absolute Gasteiger partial charge is 0.508 e. The first kappa shape index (κ1) is 24.1. The normalized spacial score (nSPS) is 19.2. The molecule has 28 heavy (non-hydrogen) atoms. The molecule has 1 heterocycles. The van der Waals surface area contributed by atoms with Gasteiger partial charge in [0.15, 0.2) is 0 Å². The predicted octanol–water partition coefficient (Wildman–Crippen LogP) is 1.52. The first-order chi connectivity index (χ1) is 13.0. The highest BCUT2D eigenvalue weighted by Gasteiger charge is 2.24. The minimum atomic E-state index is -1.02. The van der Waals surface area contributed by atoms with Crippen LogP contribution in [0, 0.1) is 11.8 Å². The lowest BCUT2D eigenvalue weighted by molar-refractivity contribution is 0.00848. The zero-order valence-corrected chi connectivity index (χ0v) is 16.8. The molecule has 0 aliphatic rings. The fourth-order valence-electron chi connectivity index (χ4n) is 2.81. The van der Waals surface area contributed by atoms with Crippen LogP contribution >= 0.6 is 0 Å². The Hall–Kier alpha value is -1.93. The molecule has 1 aromatic heterocycles. The third-order valence-corrected chi connectivity index (χ3v) is 4.93. The second-order valence-electron chi connectivity index (χ2n) is 7.33. The Kier molecular flexibility index (Phi) is 9.61. The average molecular weight is 396 g/mol. The van der Waals surface area contributed by atoms with Crippen molar-refractivity contribution in [2.45, 2.75) is 65.0 Å². The summed E-state index contributed by atoms with van der Waals surface area (Å²) in [5.41, 5.74) is 0.114. The standard InChI is InChI=1S/C21H32O7/c1-5-12(2)21(27)13(3)6-7-18(24)14(4)19(25)10-15(22)8-17-9-16(23)11-20(26)28-17/h5-7,9,11,13-15,18-19,21-25,27H,8,10H2,1-4H3/b7-6+,12-5+. The quantitative estimate of drug-likeness (QED) is 0.379. The maximum Gasteiger partial charge on any atom is 0.339 e. The van der Waals surface area contributed by atoms with E-state index < -0.39 is 36.0 Å². The van der Waals surface area contributed by atoms with Crippen molar-refractivity contribution in [3.8, 4) is 5.75 Å². The lowest BCUT2D eigenvalue weighted by atomic mass is 9.91. The minimum absolute atomic E-state index is 0.0404. The first-order valence-electron chi connectivity index (χ1n) is 9.41. The molecule has 7 nitrogen and oxygen atoms in total. The fraction of sp³-hybridized carbons (Fsp3) is 0.571. The maximum atomic E-state index is 11.2. The molecule has 5 N–H and O–H groups in total. The third-order valence-electron chi connectivity index (χ3n) is 4.93. The maximum absolute atomic E-state index is 11.2. The molecule has 0 aliphatic heterocycles. The van der Waals surface area contributed by atoms with E-state index in [1.165, 1.54) is 12.1 Å². The van der Waals surface area contributed by atoms with Crippen LogP contribution in [0.5, 0.6) is 5.75 Å². The van der Waals surface area contributed by atoms with Crippen LogP contribution in [0.4, 0.5) is 0 Å². The van der Waals surface area contributed by atoms with Gasteiger partial charge in [-0.25, -0.2) is 4.79 Å². The topological polar surface area (TPSA) is 131 Å². The zero-order chi connectivity index (χ0) is 21.4. The van der Waals surface area contributed by atoms with Crippen molar-refractivity contribution >= 4 is 0 Å². The molecule has 158 valence electrons. The first-order valence-corrected chi connectivity index (χ1v) is 9.41. The zero-order valence-electron chi connectivity index (χ0n) is 16.8. The van der Waals surface area contributed by atoms with Crippen molar-refractivity contribution in [2.75, 3.05) is 0 Å². The van der Waals surface area contributed by atoms with Crippen LogP contribution in [0.1, 0.15) is 39.9 Å². The van der Waals surface area contributed by atoms with Crippen molar-refractivity contribution in [3.63, 3.8) is 0 Å². The number of aliphatic hydroxyl groups excluding tert-OH is 4. The summed E-state index contributed by atoms with van der Waals surface area (Å²) in [6.45, 7) is 7.15. The Morgan fingerprint density at radius 3 is 2.36 bits per heavy atom. The Morgan fingerprint density at radius 1 is 1.14 bits per heavy atom. The van der Waals surface area contributed by atoms with Gasteiger partial charge in [0, 0.05) is 30.7 Å². The molecule has 1 aromatic rings. The second kappa shape index (κ2) is 11.2. The van der Waals surface area contributed by atoms with E-state index >= 15 is 0 Å². The molecule has 0 bridgehead atoms. The van der Waals surface area contributed by atoms with Crippen LogP contribution in [0.3, 0.4) is 0 Å². The number of allylic oxidation sites excluding steroid dienone is 1. The minimum Gasteiger partial charge on any atom is -0.508 e. The van der Waals surface area contributed by atoms with Crippen molar-refractivity contribution in [1.82, 2.24) is 0 Å². The molecule has 0 saturated carbocycles. The van der Waals surface area contributed by atoms with Crippen molar-refractivity contribution < 1.29 is 29.9 Å². The van der Waals surface area contributed by atoms with Crippen LogP contribution in [0.25, 0.3) is 0 Å². The number of hydrogen-bond donors (Lipinski definition) is 5. The number of hydrogen-bond acceptors (Lipinski definition) is 7. The van der Waals surface area contributed by atoms with Crippen LogP contribution in [0.15, 0.2) is 45.1 Å². The van der Waals surface area contributed by atoms with E-state index in [-0.39, 0.29) is 30.3 Å². The summed E-state index contributed by atoms with van der Waals surface area (Å²) in [5.74, 6) is -0.902. The van der Waals surface area contributed by atoms with Gasteiger partial charge < -0.3 is 29.9 Å². The van der Waals surface area contributed by atoms with Gasteiger partial charge in [-0.3, -0.25) is 0 Å². The molecular formula is C21H32O7. The fourth-order valence-corrected chi connectivity index (χ4v) is 2.81. The van der Waals surface area contributed by atoms with Crippen molar-refractivity contribution in [2.24, 2.45) is 11.8 Å². The molecule has 0 amide bonds. The third kappa shape index (κ3) is 7.59. The van der Waals surface area contributed by atoms with E-state index in [0.717, 1.165) is 11.6 Å². The second-order valence-corrected chi connectivity index (χ2v) is 7.33. The summed E-state index contributed by atoms with van der Waals surface area (Å²) in [4.78, 5) is 11.2. The lowest BCUT2D eigenvalue weighted by Gasteiger charge is -2.24. The van der Waals surface area contributed by atoms with Gasteiger partial charge in [-0.2, -0.15) is 0 Å². The van der Waals surface area contributed by atoms with E-state index in [4.69, 9.17) is 4.42 Å². The highest BCUT2D eigenvalue weighted by molar-refractivity contribution is 5.18. The number of aliphatic hydroxyl groups is 4. The molecule has 0 aliphatic carbocycles. The Labute approximate surface area is 165 Å². The summed E-state index contributed by atoms with van der Waals surface area (Å²) in [5, 5.41) is 50.2. The van der Waals surface area contributed by atoms with Crippen LogP contribution < -0.4 is 5.63 Å². The molecule has 6 atom stereocenters. The Morgan fingerprint density at radius 2 is 1.79 bits per heavy atom. The molecule has 1 rings (SSSR count). The van der Waals surface area contributed by atoms with Gasteiger partial charge in [-0.1, -0.05) is 32.1 Å². The van der Waals surface area contributed by atoms with E-state index in [9.17, 15) is 30.3 Å². The van der Waals surface area contributed by atoms with Crippen LogP contribution in [-0.2, 0) is 6.42 Å². The van der Waals surface area contributed by atoms with Gasteiger partial charge in [0.25, 0.3) is 0 Å². The van der Waals surface area contributed by atoms with Crippen LogP contribution in [0.2, 0.25) is 0 Å². The van der Waals surface area contributed by atoms with Gasteiger partial charge in [0.2, 0.25) is 0 Å². The average Bonchev–Trinajstić information content (AvgIpc) is 2.62. The van der Waals surface area contributed by atoms with E-state index in [2.05, 4.69) is 0 Å². The summed E-state index contributed by atoms with van der Waals surface area (Å²) < 4.78 is 4.89. The monoisotopic (exact) mass is 396 g/mol. The summed E-state index contributed by atoms with van der Waals surface area (Å²) in [6, 6.07) is 2.16. The lowest BCUT2D eigenvalue weighted by Crippen LogP contribution is -2.32. The van der Waals surface area contributed by atoms with Crippen molar-refractivity contribution in [1.29, 1.82) is 0 Å². The summed E-state index contributed by atoms with van der Waals surface area (Å²) in [7, 11) is 0. The summed E-state index contributed by atoms with van der Waals surface area (Å²) >= 11 is 0.